The van der Waals surface area contributed by atoms with Crippen LogP contribution < -0.4 is 4.74 Å². The maximum atomic E-state index is 13.4. The summed E-state index contributed by atoms with van der Waals surface area (Å²) in [7, 11) is 0. The second-order valence-electron chi connectivity index (χ2n) is 5.74. The number of carbonyl (C=O) groups is 2. The van der Waals surface area contributed by atoms with E-state index < -0.39 is 47.8 Å². The van der Waals surface area contributed by atoms with E-state index in [1.54, 1.807) is 13.0 Å². The van der Waals surface area contributed by atoms with Crippen LogP contribution >= 0.6 is 15.9 Å². The fourth-order valence-electron chi connectivity index (χ4n) is 2.43. The quantitative estimate of drug-likeness (QED) is 0.262. The van der Waals surface area contributed by atoms with Gasteiger partial charge < -0.3 is 19.0 Å². The number of alkyl halides is 3. The number of hydrogen-bond acceptors (Lipinski definition) is 8. The highest BCUT2D eigenvalue weighted by Crippen LogP contribution is 2.40. The summed E-state index contributed by atoms with van der Waals surface area (Å²) in [5, 5.41) is 8.77. The number of aryl methyl sites for hydroxylation is 1. The van der Waals surface area contributed by atoms with Crippen LogP contribution in [-0.4, -0.2) is 42.2 Å². The van der Waals surface area contributed by atoms with Crippen molar-refractivity contribution in [2.75, 3.05) is 6.61 Å². The van der Waals surface area contributed by atoms with E-state index in [1.165, 1.54) is 6.07 Å². The van der Waals surface area contributed by atoms with Gasteiger partial charge in [-0.2, -0.15) is 13.2 Å². The van der Waals surface area contributed by atoms with E-state index in [0.29, 0.717) is 10.0 Å². The van der Waals surface area contributed by atoms with Crippen LogP contribution in [0.4, 0.5) is 13.2 Å². The molecule has 158 valence electrons. The van der Waals surface area contributed by atoms with E-state index in [1.807, 2.05) is 0 Å². The predicted octanol–water partition coefficient (Wildman–Crippen LogP) is 3.10. The number of fused-ring (bicyclic) bond motifs is 1. The van der Waals surface area contributed by atoms with Gasteiger partial charge in [0.15, 0.2) is 6.61 Å². The normalized spacial score (nSPS) is 16.6. The molecule has 0 N–H and O–H groups in total. The van der Waals surface area contributed by atoms with Gasteiger partial charge in [-0.05, 0) is 30.7 Å². The molecule has 1 aliphatic rings. The third-order valence-electron chi connectivity index (χ3n) is 3.49. The molecule has 0 saturated carbocycles. The van der Waals surface area contributed by atoms with Crippen molar-refractivity contribution in [3.63, 3.8) is 0 Å². The Kier molecular flexibility index (Phi) is 6.72. The summed E-state index contributed by atoms with van der Waals surface area (Å²) in [6.07, 6.45) is -8.18. The highest BCUT2D eigenvalue weighted by Gasteiger charge is 2.49. The molecule has 0 radical (unpaired) electrons. The minimum Gasteiger partial charge on any atom is -0.475 e. The van der Waals surface area contributed by atoms with Crippen LogP contribution in [0.3, 0.4) is 0 Å². The van der Waals surface area contributed by atoms with Gasteiger partial charge in [-0.3, -0.25) is 0 Å². The van der Waals surface area contributed by atoms with E-state index in [-0.39, 0.29) is 11.3 Å². The molecule has 2 rings (SSSR count). The van der Waals surface area contributed by atoms with Gasteiger partial charge in [0, 0.05) is 17.0 Å². The van der Waals surface area contributed by atoms with Crippen molar-refractivity contribution in [1.82, 2.24) is 0 Å². The Bertz CT molecular complexity index is 870. The van der Waals surface area contributed by atoms with Crippen molar-refractivity contribution >= 4 is 33.9 Å². The van der Waals surface area contributed by atoms with Crippen molar-refractivity contribution in [2.24, 2.45) is 0 Å². The Morgan fingerprint density at radius 1 is 1.34 bits per heavy atom. The Morgan fingerprint density at radius 3 is 2.59 bits per heavy atom. The fourth-order valence-corrected chi connectivity index (χ4v) is 3.02. The van der Waals surface area contributed by atoms with Crippen LogP contribution in [0.2, 0.25) is 0 Å². The molecule has 0 bridgehead atoms. The third-order valence-corrected chi connectivity index (χ3v) is 3.95. The van der Waals surface area contributed by atoms with Crippen LogP contribution in [0.25, 0.3) is 6.08 Å². The maximum Gasteiger partial charge on any atom is 0.430 e. The monoisotopic (exact) mass is 483 g/mol. The third kappa shape index (κ3) is 5.82. The summed E-state index contributed by atoms with van der Waals surface area (Å²) in [5.74, 6) is -2.73. The van der Waals surface area contributed by atoms with Crippen LogP contribution in [0, 0.1) is 17.0 Å². The summed E-state index contributed by atoms with van der Waals surface area (Å²) in [5.41, 5.74) is -0.222. The number of carbonyl (C=O) groups excluding carboxylic acids is 2. The van der Waals surface area contributed by atoms with E-state index in [4.69, 9.17) is 9.47 Å². The van der Waals surface area contributed by atoms with E-state index in [2.05, 4.69) is 25.5 Å². The molecule has 0 fully saturated rings. The molecule has 1 aliphatic heterocycles. The summed E-state index contributed by atoms with van der Waals surface area (Å²) in [4.78, 5) is 37.4. The van der Waals surface area contributed by atoms with Crippen molar-refractivity contribution in [1.29, 1.82) is 0 Å². The fraction of sp³-hybridized carbons (Fsp3) is 0.375. The molecular weight excluding hydrogens is 471 g/mol. The summed E-state index contributed by atoms with van der Waals surface area (Å²) >= 11 is 3.20. The average Bonchev–Trinajstić information content (AvgIpc) is 2.57. The Labute approximate surface area is 169 Å². The molecule has 1 unspecified atom stereocenters. The maximum absolute atomic E-state index is 13.4. The standard InChI is InChI=1S/C16H13BrF3NO8/c1-7-3-10(17)4-9-5-11(14(16(18,19)20)29-13(7)9)15(23)28-8(2)27-12(22)6-26-21(24)25/h3-5,8,14H,6H2,1-2H3/t8-,14?/m1/s1. The summed E-state index contributed by atoms with van der Waals surface area (Å²) in [6.45, 7) is 1.51. The number of benzene rings is 1. The molecule has 29 heavy (non-hydrogen) atoms. The van der Waals surface area contributed by atoms with Crippen LogP contribution in [0.15, 0.2) is 22.2 Å². The summed E-state index contributed by atoms with van der Waals surface area (Å²) < 4.78 is 55.1. The highest BCUT2D eigenvalue weighted by atomic mass is 79.9. The number of esters is 2. The average molecular weight is 484 g/mol. The smallest absolute Gasteiger partial charge is 0.430 e. The van der Waals surface area contributed by atoms with Crippen molar-refractivity contribution in [3.05, 3.63) is 43.4 Å². The van der Waals surface area contributed by atoms with Crippen LogP contribution in [0.1, 0.15) is 18.1 Å². The zero-order valence-electron chi connectivity index (χ0n) is 14.8. The molecule has 2 atom stereocenters. The minimum absolute atomic E-state index is 0.0384. The largest absolute Gasteiger partial charge is 0.475 e. The molecule has 13 heteroatoms. The zero-order valence-corrected chi connectivity index (χ0v) is 16.4. The van der Waals surface area contributed by atoms with Crippen molar-refractivity contribution in [3.8, 4) is 5.75 Å². The lowest BCUT2D eigenvalue weighted by Crippen LogP contribution is -2.41. The molecule has 0 spiro atoms. The molecule has 0 aliphatic carbocycles. The van der Waals surface area contributed by atoms with Gasteiger partial charge in [-0.1, -0.05) is 15.9 Å². The van der Waals surface area contributed by atoms with Crippen LogP contribution in [0.5, 0.6) is 5.75 Å². The van der Waals surface area contributed by atoms with E-state index in [0.717, 1.165) is 13.0 Å². The Balaban J connectivity index is 2.22. The number of ether oxygens (including phenoxy) is 3. The topological polar surface area (TPSA) is 114 Å². The van der Waals surface area contributed by atoms with Crippen molar-refractivity contribution < 1.29 is 46.9 Å². The summed E-state index contributed by atoms with van der Waals surface area (Å²) in [6, 6.07) is 3.01. The second-order valence-corrected chi connectivity index (χ2v) is 6.66. The van der Waals surface area contributed by atoms with Crippen LogP contribution in [-0.2, 0) is 23.9 Å². The zero-order chi connectivity index (χ0) is 21.9. The first-order valence-corrected chi connectivity index (χ1v) is 8.60. The number of nitrogens with zero attached hydrogens (tertiary/aromatic N) is 1. The minimum atomic E-state index is -4.93. The molecule has 0 aromatic heterocycles. The first kappa shape index (κ1) is 22.5. The molecule has 1 heterocycles. The molecule has 9 nitrogen and oxygen atoms in total. The SMILES string of the molecule is Cc1cc(Br)cc2c1OC(C(F)(F)F)C(C(=O)O[C@H](C)OC(=O)CO[N+](=O)[O-])=C2. The molecular formula is C16H13BrF3NO8. The lowest BCUT2D eigenvalue weighted by atomic mass is 9.99. The van der Waals surface area contributed by atoms with E-state index in [9.17, 15) is 32.9 Å². The van der Waals surface area contributed by atoms with E-state index >= 15 is 0 Å². The highest BCUT2D eigenvalue weighted by molar-refractivity contribution is 9.10. The van der Waals surface area contributed by atoms with Gasteiger partial charge >= 0.3 is 18.1 Å². The Hall–Kier alpha value is -2.83. The van der Waals surface area contributed by atoms with Gasteiger partial charge in [0.1, 0.15) is 5.75 Å². The number of halogens is 4. The lowest BCUT2D eigenvalue weighted by Gasteiger charge is -2.29. The first-order valence-electron chi connectivity index (χ1n) is 7.81. The lowest BCUT2D eigenvalue weighted by molar-refractivity contribution is -0.754. The Morgan fingerprint density at radius 2 is 2.00 bits per heavy atom. The predicted molar refractivity (Wildman–Crippen MR) is 91.9 cm³/mol. The first-order chi connectivity index (χ1) is 13.4. The number of rotatable bonds is 6. The van der Waals surface area contributed by atoms with Gasteiger partial charge in [-0.25, -0.2) is 9.59 Å². The number of hydrogen-bond donors (Lipinski definition) is 0. The molecule has 1 aromatic rings. The van der Waals surface area contributed by atoms with Gasteiger partial charge in [0.05, 0.1) is 5.57 Å². The van der Waals surface area contributed by atoms with Gasteiger partial charge in [-0.15, -0.1) is 10.1 Å². The molecule has 0 amide bonds. The van der Waals surface area contributed by atoms with Crippen molar-refractivity contribution in [2.45, 2.75) is 32.4 Å². The second kappa shape index (κ2) is 8.68. The molecule has 0 saturated heterocycles. The van der Waals surface area contributed by atoms with Gasteiger partial charge in [0.25, 0.3) is 5.09 Å². The van der Waals surface area contributed by atoms with Gasteiger partial charge in [0.2, 0.25) is 12.4 Å². The molecule has 1 aromatic carbocycles.